The van der Waals surface area contributed by atoms with Gasteiger partial charge in [0.05, 0.1) is 0 Å². The van der Waals surface area contributed by atoms with Crippen molar-refractivity contribution in [2.75, 3.05) is 6.61 Å². The van der Waals surface area contributed by atoms with E-state index in [-0.39, 0.29) is 16.2 Å². The molecule has 0 aliphatic carbocycles. The SMILES string of the molecule is CCCCCCCCCCCC(CCO[Si](C)(C)C(C)(C)C)O[Si](c1ccccc1)(c1ccccc1)C(C)(C)C. The molecule has 0 amide bonds. The normalized spacial score (nSPS) is 13.9. The maximum absolute atomic E-state index is 7.62. The monoisotopic (exact) mass is 582 g/mol. The van der Waals surface area contributed by atoms with E-state index in [1.54, 1.807) is 0 Å². The van der Waals surface area contributed by atoms with Gasteiger partial charge in [-0.2, -0.15) is 0 Å². The topological polar surface area (TPSA) is 18.5 Å². The van der Waals surface area contributed by atoms with Crippen LogP contribution in [0.4, 0.5) is 0 Å². The molecule has 2 aromatic carbocycles. The van der Waals surface area contributed by atoms with Crippen molar-refractivity contribution in [3.05, 3.63) is 60.7 Å². The molecule has 0 spiro atoms. The molecular weight excluding hydrogens is 521 g/mol. The van der Waals surface area contributed by atoms with E-state index in [0.29, 0.717) is 0 Å². The predicted molar refractivity (Wildman–Crippen MR) is 182 cm³/mol. The largest absolute Gasteiger partial charge is 0.417 e. The van der Waals surface area contributed by atoms with Crippen LogP contribution in [-0.2, 0) is 8.85 Å². The van der Waals surface area contributed by atoms with E-state index in [2.05, 4.69) is 122 Å². The summed E-state index contributed by atoms with van der Waals surface area (Å²) in [5.41, 5.74) is 0. The molecule has 226 valence electrons. The second-order valence-electron chi connectivity index (χ2n) is 14.4. The van der Waals surface area contributed by atoms with E-state index >= 15 is 0 Å². The fourth-order valence-corrected chi connectivity index (χ4v) is 11.4. The summed E-state index contributed by atoms with van der Waals surface area (Å²) in [5, 5.41) is 2.96. The summed E-state index contributed by atoms with van der Waals surface area (Å²) in [5.74, 6) is 0. The van der Waals surface area contributed by atoms with E-state index in [1.165, 1.54) is 68.2 Å². The number of hydrogen-bond donors (Lipinski definition) is 0. The summed E-state index contributed by atoms with van der Waals surface area (Å²) < 4.78 is 14.3. The molecule has 0 aliphatic rings. The first-order chi connectivity index (χ1) is 18.8. The van der Waals surface area contributed by atoms with E-state index in [1.807, 2.05) is 0 Å². The zero-order valence-corrected chi connectivity index (χ0v) is 29.7. The quantitative estimate of drug-likeness (QED) is 0.129. The smallest absolute Gasteiger partial charge is 0.261 e. The van der Waals surface area contributed by atoms with Crippen molar-refractivity contribution >= 4 is 27.0 Å². The van der Waals surface area contributed by atoms with Gasteiger partial charge >= 0.3 is 0 Å². The summed E-state index contributed by atoms with van der Waals surface area (Å²) in [7, 11) is -4.39. The highest BCUT2D eigenvalue weighted by Gasteiger charge is 2.51. The Bertz CT molecular complexity index is 889. The second-order valence-corrected chi connectivity index (χ2v) is 23.5. The van der Waals surface area contributed by atoms with Crippen LogP contribution in [-0.4, -0.2) is 29.3 Å². The van der Waals surface area contributed by atoms with Crippen LogP contribution in [0, 0.1) is 0 Å². The first-order valence-corrected chi connectivity index (χ1v) is 21.1. The van der Waals surface area contributed by atoms with Gasteiger partial charge in [0.15, 0.2) is 8.32 Å². The predicted octanol–water partition coefficient (Wildman–Crippen LogP) is 10.3. The number of unbranched alkanes of at least 4 members (excludes halogenated alkanes) is 8. The van der Waals surface area contributed by atoms with Crippen molar-refractivity contribution in [3.8, 4) is 0 Å². The van der Waals surface area contributed by atoms with Gasteiger partial charge in [0.2, 0.25) is 0 Å². The Morgan fingerprint density at radius 3 is 1.48 bits per heavy atom. The number of rotatable bonds is 18. The van der Waals surface area contributed by atoms with Gasteiger partial charge in [-0.3, -0.25) is 0 Å². The van der Waals surface area contributed by atoms with E-state index in [0.717, 1.165) is 19.4 Å². The highest BCUT2D eigenvalue weighted by Crippen LogP contribution is 2.39. The molecule has 40 heavy (non-hydrogen) atoms. The Morgan fingerprint density at radius 1 is 0.600 bits per heavy atom. The molecule has 2 aromatic rings. The lowest BCUT2D eigenvalue weighted by Gasteiger charge is -2.45. The Kier molecular flexibility index (Phi) is 14.4. The van der Waals surface area contributed by atoms with Crippen LogP contribution in [0.25, 0.3) is 0 Å². The Balaban J connectivity index is 2.26. The van der Waals surface area contributed by atoms with Crippen LogP contribution >= 0.6 is 0 Å². The summed E-state index contributed by atoms with van der Waals surface area (Å²) in [6, 6.07) is 22.2. The number of hydrogen-bond acceptors (Lipinski definition) is 2. The number of benzene rings is 2. The maximum Gasteiger partial charge on any atom is 0.261 e. The van der Waals surface area contributed by atoms with Gasteiger partial charge in [0.1, 0.15) is 0 Å². The lowest BCUT2D eigenvalue weighted by atomic mass is 10.0. The molecule has 0 bridgehead atoms. The molecule has 0 saturated heterocycles. The molecule has 0 aromatic heterocycles. The van der Waals surface area contributed by atoms with Crippen molar-refractivity contribution < 1.29 is 8.85 Å². The lowest BCUT2D eigenvalue weighted by molar-refractivity contribution is 0.135. The maximum atomic E-state index is 7.62. The molecule has 0 saturated carbocycles. The molecule has 0 fully saturated rings. The average Bonchev–Trinajstić information content (AvgIpc) is 2.90. The van der Waals surface area contributed by atoms with E-state index < -0.39 is 16.6 Å². The molecule has 0 N–H and O–H groups in total. The van der Waals surface area contributed by atoms with Crippen molar-refractivity contribution in [2.45, 2.75) is 148 Å². The summed E-state index contributed by atoms with van der Waals surface area (Å²) in [6.07, 6.45) is 14.4. The molecule has 2 nitrogen and oxygen atoms in total. The minimum absolute atomic E-state index is 0.00721. The molecule has 2 rings (SSSR count). The third-order valence-electron chi connectivity index (χ3n) is 9.10. The van der Waals surface area contributed by atoms with Crippen molar-refractivity contribution in [3.63, 3.8) is 0 Å². The van der Waals surface area contributed by atoms with E-state index in [9.17, 15) is 0 Å². The molecule has 4 heteroatoms. The van der Waals surface area contributed by atoms with Crippen LogP contribution in [0.1, 0.15) is 119 Å². The van der Waals surface area contributed by atoms with Crippen molar-refractivity contribution in [1.29, 1.82) is 0 Å². The van der Waals surface area contributed by atoms with Crippen LogP contribution in [0.5, 0.6) is 0 Å². The summed E-state index contributed by atoms with van der Waals surface area (Å²) in [4.78, 5) is 0. The third-order valence-corrected chi connectivity index (χ3v) is 18.7. The van der Waals surface area contributed by atoms with Gasteiger partial charge in [-0.15, -0.1) is 0 Å². The summed E-state index contributed by atoms with van der Waals surface area (Å²) in [6.45, 7) is 22.0. The Hall–Kier alpha value is -1.21. The average molecular weight is 583 g/mol. The molecule has 0 heterocycles. The van der Waals surface area contributed by atoms with Gasteiger partial charge in [0, 0.05) is 12.7 Å². The fourth-order valence-electron chi connectivity index (χ4n) is 5.55. The lowest BCUT2D eigenvalue weighted by Crippen LogP contribution is -2.67. The first-order valence-electron chi connectivity index (χ1n) is 16.3. The zero-order valence-electron chi connectivity index (χ0n) is 27.7. The first kappa shape index (κ1) is 35.0. The van der Waals surface area contributed by atoms with Gasteiger partial charge in [-0.1, -0.05) is 167 Å². The third kappa shape index (κ3) is 10.3. The van der Waals surface area contributed by atoms with E-state index in [4.69, 9.17) is 8.85 Å². The van der Waals surface area contributed by atoms with Crippen LogP contribution in [0.15, 0.2) is 60.7 Å². The molecule has 0 radical (unpaired) electrons. The minimum Gasteiger partial charge on any atom is -0.417 e. The molecule has 1 atom stereocenters. The second kappa shape index (κ2) is 16.4. The van der Waals surface area contributed by atoms with Crippen LogP contribution < -0.4 is 10.4 Å². The molecular formula is C36H62O2Si2. The zero-order chi connectivity index (χ0) is 29.7. The highest BCUT2D eigenvalue weighted by atomic mass is 28.4. The highest BCUT2D eigenvalue weighted by molar-refractivity contribution is 6.99. The fraction of sp³-hybridized carbons (Fsp3) is 0.667. The van der Waals surface area contributed by atoms with Gasteiger partial charge in [-0.05, 0) is 46.4 Å². The summed E-state index contributed by atoms with van der Waals surface area (Å²) >= 11 is 0. The van der Waals surface area contributed by atoms with Crippen molar-refractivity contribution in [2.24, 2.45) is 0 Å². The Labute approximate surface area is 250 Å². The minimum atomic E-state index is -2.58. The van der Waals surface area contributed by atoms with Gasteiger partial charge in [0.25, 0.3) is 8.32 Å². The van der Waals surface area contributed by atoms with Crippen LogP contribution in [0.2, 0.25) is 23.2 Å². The standard InChI is InChI=1S/C36H62O2Si2/c1-10-11-12-13-14-15-16-17-20-25-32(30-31-37-39(8,9)35(2,3)4)38-40(36(5,6)7,33-26-21-18-22-27-33)34-28-23-19-24-29-34/h18-19,21-24,26-29,32H,10-17,20,25,30-31H2,1-9H3. The Morgan fingerprint density at radius 2 is 1.05 bits per heavy atom. The molecule has 1 unspecified atom stereocenters. The molecule has 0 aliphatic heterocycles. The van der Waals surface area contributed by atoms with Gasteiger partial charge < -0.3 is 8.85 Å². The van der Waals surface area contributed by atoms with Crippen molar-refractivity contribution in [1.82, 2.24) is 0 Å². The van der Waals surface area contributed by atoms with Crippen LogP contribution in [0.3, 0.4) is 0 Å². The van der Waals surface area contributed by atoms with Gasteiger partial charge in [-0.25, -0.2) is 0 Å².